The first-order valence-electron chi connectivity index (χ1n) is 8.77. The van der Waals surface area contributed by atoms with Gasteiger partial charge in [-0.1, -0.05) is 20.8 Å². The number of aromatic nitrogens is 2. The Morgan fingerprint density at radius 3 is 2.70 bits per heavy atom. The molecule has 1 aromatic heterocycles. The standard InChI is InChI=1S/C18H30N4O/c1-17(2,3)13-22-9-5-6-18(16(22)23)7-10-21(14-18)12-15-19-8-11-20(15)4/h8,11H,5-7,9-10,12-14H2,1-4H3. The number of likely N-dealkylation sites (tertiary alicyclic amines) is 2. The fourth-order valence-corrected chi connectivity index (χ4v) is 4.10. The van der Waals surface area contributed by atoms with Crippen LogP contribution in [0.4, 0.5) is 0 Å². The van der Waals surface area contributed by atoms with E-state index in [2.05, 4.69) is 40.1 Å². The van der Waals surface area contributed by atoms with Gasteiger partial charge in [0, 0.05) is 39.1 Å². The van der Waals surface area contributed by atoms with Gasteiger partial charge in [-0.3, -0.25) is 9.69 Å². The summed E-state index contributed by atoms with van der Waals surface area (Å²) in [5.41, 5.74) is 0.0219. The van der Waals surface area contributed by atoms with Gasteiger partial charge in [0.15, 0.2) is 0 Å². The lowest BCUT2D eigenvalue weighted by Crippen LogP contribution is -2.52. The van der Waals surface area contributed by atoms with Crippen molar-refractivity contribution in [3.8, 4) is 0 Å². The van der Waals surface area contributed by atoms with E-state index in [-0.39, 0.29) is 10.8 Å². The lowest BCUT2D eigenvalue weighted by Gasteiger charge is -2.42. The normalized spacial score (nSPS) is 26.4. The van der Waals surface area contributed by atoms with Crippen LogP contribution in [0.15, 0.2) is 12.4 Å². The van der Waals surface area contributed by atoms with Gasteiger partial charge in [0.2, 0.25) is 5.91 Å². The van der Waals surface area contributed by atoms with Gasteiger partial charge in [-0.05, 0) is 31.2 Å². The molecule has 1 aromatic rings. The first-order valence-corrected chi connectivity index (χ1v) is 8.77. The van der Waals surface area contributed by atoms with Gasteiger partial charge < -0.3 is 9.47 Å². The van der Waals surface area contributed by atoms with E-state index in [1.165, 1.54) is 0 Å². The molecule has 2 fully saturated rings. The summed E-state index contributed by atoms with van der Waals surface area (Å²) < 4.78 is 2.07. The van der Waals surface area contributed by atoms with Gasteiger partial charge in [-0.2, -0.15) is 0 Å². The predicted octanol–water partition coefficient (Wildman–Crippen LogP) is 2.28. The van der Waals surface area contributed by atoms with Crippen LogP contribution < -0.4 is 0 Å². The van der Waals surface area contributed by atoms with E-state index in [4.69, 9.17) is 0 Å². The van der Waals surface area contributed by atoms with Gasteiger partial charge in [0.05, 0.1) is 12.0 Å². The number of rotatable bonds is 3. The van der Waals surface area contributed by atoms with Crippen molar-refractivity contribution in [3.63, 3.8) is 0 Å². The summed E-state index contributed by atoms with van der Waals surface area (Å²) in [7, 11) is 2.03. The van der Waals surface area contributed by atoms with Crippen molar-refractivity contribution in [1.82, 2.24) is 19.4 Å². The molecule has 128 valence electrons. The lowest BCUT2D eigenvalue weighted by atomic mass is 9.77. The molecule has 0 aliphatic carbocycles. The molecule has 5 heteroatoms. The molecular formula is C18H30N4O. The van der Waals surface area contributed by atoms with Crippen LogP contribution in [0.3, 0.4) is 0 Å². The quantitative estimate of drug-likeness (QED) is 0.858. The number of hydrogen-bond acceptors (Lipinski definition) is 3. The average molecular weight is 318 g/mol. The topological polar surface area (TPSA) is 41.4 Å². The smallest absolute Gasteiger partial charge is 0.230 e. The van der Waals surface area contributed by atoms with E-state index >= 15 is 0 Å². The van der Waals surface area contributed by atoms with E-state index in [9.17, 15) is 4.79 Å². The maximum Gasteiger partial charge on any atom is 0.230 e. The van der Waals surface area contributed by atoms with E-state index in [0.717, 1.165) is 57.8 Å². The second-order valence-corrected chi connectivity index (χ2v) is 8.59. The highest BCUT2D eigenvalue weighted by atomic mass is 16.2. The SMILES string of the molecule is Cn1ccnc1CN1CCC2(CCCN(CC(C)(C)C)C2=O)C1. The van der Waals surface area contributed by atoms with Crippen LogP contribution in [-0.2, 0) is 18.4 Å². The molecule has 2 saturated heterocycles. The minimum atomic E-state index is -0.144. The molecule has 5 nitrogen and oxygen atoms in total. The Morgan fingerprint density at radius 1 is 1.26 bits per heavy atom. The lowest BCUT2D eigenvalue weighted by molar-refractivity contribution is -0.147. The molecule has 1 amide bonds. The first kappa shape index (κ1) is 16.5. The monoisotopic (exact) mass is 318 g/mol. The van der Waals surface area contributed by atoms with Crippen molar-refractivity contribution < 1.29 is 4.79 Å². The molecule has 2 aliphatic heterocycles. The molecule has 1 spiro atoms. The highest BCUT2D eigenvalue weighted by molar-refractivity contribution is 5.84. The molecule has 0 N–H and O–H groups in total. The Balaban J connectivity index is 1.68. The van der Waals surface area contributed by atoms with Crippen LogP contribution in [0.5, 0.6) is 0 Å². The zero-order valence-corrected chi connectivity index (χ0v) is 15.0. The van der Waals surface area contributed by atoms with E-state index in [1.807, 2.05) is 19.4 Å². The van der Waals surface area contributed by atoms with Crippen molar-refractivity contribution >= 4 is 5.91 Å². The first-order chi connectivity index (χ1) is 10.8. The number of piperidine rings is 1. The molecule has 0 bridgehead atoms. The third-order valence-corrected chi connectivity index (χ3v) is 5.21. The minimum absolute atomic E-state index is 0.144. The largest absolute Gasteiger partial charge is 0.342 e. The summed E-state index contributed by atoms with van der Waals surface area (Å²) in [5.74, 6) is 1.47. The Labute approximate surface area is 139 Å². The van der Waals surface area contributed by atoms with Crippen LogP contribution in [0.1, 0.15) is 45.9 Å². The fourth-order valence-electron chi connectivity index (χ4n) is 4.10. The Hall–Kier alpha value is -1.36. The zero-order valence-electron chi connectivity index (χ0n) is 15.0. The summed E-state index contributed by atoms with van der Waals surface area (Å²) in [4.78, 5) is 22.1. The summed E-state index contributed by atoms with van der Waals surface area (Å²) >= 11 is 0. The van der Waals surface area contributed by atoms with Crippen LogP contribution >= 0.6 is 0 Å². The van der Waals surface area contributed by atoms with Crippen LogP contribution in [0.2, 0.25) is 0 Å². The maximum absolute atomic E-state index is 13.1. The Morgan fingerprint density at radius 2 is 2.04 bits per heavy atom. The number of nitrogens with zero attached hydrogens (tertiary/aromatic N) is 4. The molecule has 0 aromatic carbocycles. The molecule has 3 heterocycles. The molecule has 2 aliphatic rings. The summed E-state index contributed by atoms with van der Waals surface area (Å²) in [6.45, 7) is 11.2. The minimum Gasteiger partial charge on any atom is -0.342 e. The third kappa shape index (κ3) is 3.44. The molecule has 1 unspecified atom stereocenters. The molecule has 23 heavy (non-hydrogen) atoms. The van der Waals surface area contributed by atoms with E-state index < -0.39 is 0 Å². The number of hydrogen-bond donors (Lipinski definition) is 0. The van der Waals surface area contributed by atoms with Crippen molar-refractivity contribution in [2.45, 2.75) is 46.6 Å². The highest BCUT2D eigenvalue weighted by Gasteiger charge is 2.48. The van der Waals surface area contributed by atoms with Gasteiger partial charge in [-0.15, -0.1) is 0 Å². The van der Waals surface area contributed by atoms with E-state index in [1.54, 1.807) is 0 Å². The molecular weight excluding hydrogens is 288 g/mol. The maximum atomic E-state index is 13.1. The fraction of sp³-hybridized carbons (Fsp3) is 0.778. The van der Waals surface area contributed by atoms with Gasteiger partial charge >= 0.3 is 0 Å². The number of carbonyl (C=O) groups is 1. The number of aryl methyl sites for hydroxylation is 1. The average Bonchev–Trinajstić information content (AvgIpc) is 3.03. The Bertz CT molecular complexity index is 574. The summed E-state index contributed by atoms with van der Waals surface area (Å²) in [5, 5.41) is 0. The van der Waals surface area contributed by atoms with Crippen molar-refractivity contribution in [3.05, 3.63) is 18.2 Å². The second-order valence-electron chi connectivity index (χ2n) is 8.59. The number of imidazole rings is 1. The van der Waals surface area contributed by atoms with Crippen molar-refractivity contribution in [1.29, 1.82) is 0 Å². The van der Waals surface area contributed by atoms with Gasteiger partial charge in [0.25, 0.3) is 0 Å². The van der Waals surface area contributed by atoms with E-state index in [0.29, 0.717) is 5.91 Å². The van der Waals surface area contributed by atoms with Crippen LogP contribution in [0.25, 0.3) is 0 Å². The van der Waals surface area contributed by atoms with Crippen molar-refractivity contribution in [2.24, 2.45) is 17.9 Å². The van der Waals surface area contributed by atoms with Gasteiger partial charge in [0.1, 0.15) is 5.82 Å². The van der Waals surface area contributed by atoms with Crippen LogP contribution in [0, 0.1) is 10.8 Å². The van der Waals surface area contributed by atoms with Gasteiger partial charge in [-0.25, -0.2) is 4.98 Å². The molecule has 1 atom stereocenters. The summed E-state index contributed by atoms with van der Waals surface area (Å²) in [6.07, 6.45) is 7.01. The molecule has 3 rings (SSSR count). The van der Waals surface area contributed by atoms with Crippen LogP contribution in [-0.4, -0.2) is 51.4 Å². The predicted molar refractivity (Wildman–Crippen MR) is 90.8 cm³/mol. The number of amides is 1. The highest BCUT2D eigenvalue weighted by Crippen LogP contribution is 2.41. The third-order valence-electron chi connectivity index (χ3n) is 5.21. The molecule has 0 radical (unpaired) electrons. The second kappa shape index (κ2) is 5.93. The van der Waals surface area contributed by atoms with Crippen molar-refractivity contribution in [2.75, 3.05) is 26.2 Å². The number of carbonyl (C=O) groups excluding carboxylic acids is 1. The summed E-state index contributed by atoms with van der Waals surface area (Å²) in [6, 6.07) is 0. The molecule has 0 saturated carbocycles. The Kier molecular flexibility index (Phi) is 4.25. The zero-order chi connectivity index (χ0) is 16.7.